The standard InChI is InChI=1S/C17H16N4O2/c18-9-3-4-12(10-19)11-21-15(22)17(20-16(21)23)8-7-13-5-1-2-6-14(13)17/h1-2,5-6,12H,3-4,7-8,11H2,(H,20,23)/t12-,17+/m0/s1. The predicted molar refractivity (Wildman–Crippen MR) is 80.6 cm³/mol. The summed E-state index contributed by atoms with van der Waals surface area (Å²) in [5.74, 6) is -0.805. The van der Waals surface area contributed by atoms with E-state index in [2.05, 4.69) is 11.4 Å². The molecular weight excluding hydrogens is 292 g/mol. The van der Waals surface area contributed by atoms with Crippen LogP contribution in [0.3, 0.4) is 0 Å². The third kappa shape index (κ3) is 2.33. The Morgan fingerprint density at radius 3 is 2.83 bits per heavy atom. The summed E-state index contributed by atoms with van der Waals surface area (Å²) >= 11 is 0. The van der Waals surface area contributed by atoms with E-state index in [4.69, 9.17) is 5.26 Å². The van der Waals surface area contributed by atoms with Crippen LogP contribution in [0.2, 0.25) is 0 Å². The zero-order valence-corrected chi connectivity index (χ0v) is 12.6. The summed E-state index contributed by atoms with van der Waals surface area (Å²) in [5, 5.41) is 20.6. The van der Waals surface area contributed by atoms with Crippen molar-refractivity contribution in [1.29, 1.82) is 10.5 Å². The van der Waals surface area contributed by atoms with Gasteiger partial charge in [-0.15, -0.1) is 0 Å². The number of carbonyl (C=O) groups excluding carboxylic acids is 2. The molecule has 1 aliphatic carbocycles. The van der Waals surface area contributed by atoms with Crippen molar-refractivity contribution >= 4 is 11.9 Å². The van der Waals surface area contributed by atoms with E-state index < -0.39 is 17.5 Å². The normalized spacial score (nSPS) is 23.3. The Morgan fingerprint density at radius 1 is 1.30 bits per heavy atom. The van der Waals surface area contributed by atoms with E-state index in [1.807, 2.05) is 30.3 Å². The lowest BCUT2D eigenvalue weighted by Gasteiger charge is -2.22. The van der Waals surface area contributed by atoms with Crippen LogP contribution in [0.1, 0.15) is 30.4 Å². The fourth-order valence-electron chi connectivity index (χ4n) is 3.41. The van der Waals surface area contributed by atoms with Crippen LogP contribution >= 0.6 is 0 Å². The number of urea groups is 1. The third-order valence-corrected chi connectivity index (χ3v) is 4.61. The number of fused-ring (bicyclic) bond motifs is 2. The van der Waals surface area contributed by atoms with Crippen molar-refractivity contribution in [2.75, 3.05) is 6.54 Å². The van der Waals surface area contributed by atoms with Crippen LogP contribution in [0.4, 0.5) is 4.79 Å². The molecule has 1 aromatic rings. The molecule has 1 heterocycles. The minimum Gasteiger partial charge on any atom is -0.319 e. The molecule has 1 spiro atoms. The maximum absolute atomic E-state index is 12.9. The monoisotopic (exact) mass is 308 g/mol. The van der Waals surface area contributed by atoms with Gasteiger partial charge >= 0.3 is 6.03 Å². The van der Waals surface area contributed by atoms with E-state index in [1.54, 1.807) is 0 Å². The number of hydrogen-bond donors (Lipinski definition) is 1. The van der Waals surface area contributed by atoms with Gasteiger partial charge in [0.05, 0.1) is 18.1 Å². The second-order valence-electron chi connectivity index (χ2n) is 5.93. The number of aryl methyl sites for hydroxylation is 1. The average Bonchev–Trinajstić information content (AvgIpc) is 3.05. The molecule has 1 fully saturated rings. The first kappa shape index (κ1) is 15.1. The molecule has 0 unspecified atom stereocenters. The molecular formula is C17H16N4O2. The number of nitrogens with one attached hydrogen (secondary N) is 1. The van der Waals surface area contributed by atoms with Gasteiger partial charge in [-0.2, -0.15) is 10.5 Å². The highest BCUT2D eigenvalue weighted by Crippen LogP contribution is 2.41. The highest BCUT2D eigenvalue weighted by atomic mass is 16.2. The number of nitriles is 2. The molecule has 0 saturated carbocycles. The van der Waals surface area contributed by atoms with Crippen molar-refractivity contribution in [2.24, 2.45) is 5.92 Å². The van der Waals surface area contributed by atoms with Crippen molar-refractivity contribution < 1.29 is 9.59 Å². The van der Waals surface area contributed by atoms with Crippen LogP contribution in [-0.2, 0) is 16.8 Å². The highest BCUT2D eigenvalue weighted by molar-refractivity contribution is 6.08. The molecule has 116 valence electrons. The van der Waals surface area contributed by atoms with Crippen LogP contribution in [-0.4, -0.2) is 23.4 Å². The number of rotatable bonds is 4. The first-order valence-electron chi connectivity index (χ1n) is 7.61. The quantitative estimate of drug-likeness (QED) is 0.858. The Morgan fingerprint density at radius 2 is 2.09 bits per heavy atom. The van der Waals surface area contributed by atoms with Gasteiger partial charge in [-0.1, -0.05) is 24.3 Å². The zero-order valence-electron chi connectivity index (χ0n) is 12.6. The van der Waals surface area contributed by atoms with Gasteiger partial charge in [-0.25, -0.2) is 4.79 Å². The Balaban J connectivity index is 1.85. The first-order chi connectivity index (χ1) is 11.1. The van der Waals surface area contributed by atoms with Gasteiger partial charge in [0, 0.05) is 13.0 Å². The molecule has 0 radical (unpaired) electrons. The van der Waals surface area contributed by atoms with Gasteiger partial charge in [0.1, 0.15) is 5.54 Å². The summed E-state index contributed by atoms with van der Waals surface area (Å²) in [6.45, 7) is 0.0345. The molecule has 2 aliphatic rings. The maximum atomic E-state index is 12.9. The molecule has 3 rings (SSSR count). The fraction of sp³-hybridized carbons (Fsp3) is 0.412. The van der Waals surface area contributed by atoms with Crippen molar-refractivity contribution in [1.82, 2.24) is 10.2 Å². The van der Waals surface area contributed by atoms with Crippen LogP contribution < -0.4 is 5.32 Å². The summed E-state index contributed by atoms with van der Waals surface area (Å²) in [5.41, 5.74) is 0.943. The molecule has 1 aromatic carbocycles. The Labute approximate surface area is 134 Å². The van der Waals surface area contributed by atoms with Gasteiger partial charge in [-0.3, -0.25) is 9.69 Å². The Kier molecular flexibility index (Phi) is 3.75. The number of hydrogen-bond acceptors (Lipinski definition) is 4. The van der Waals surface area contributed by atoms with E-state index in [0.717, 1.165) is 22.4 Å². The lowest BCUT2D eigenvalue weighted by atomic mass is 9.91. The number of imide groups is 1. The van der Waals surface area contributed by atoms with Gasteiger partial charge in [-0.05, 0) is 30.4 Å². The largest absolute Gasteiger partial charge is 0.325 e. The SMILES string of the molecule is N#CCC[C@@H](C#N)CN1C(=O)N[C@@]2(CCc3ccccc32)C1=O. The molecule has 0 aromatic heterocycles. The van der Waals surface area contributed by atoms with Crippen LogP contribution in [0.15, 0.2) is 24.3 Å². The minimum absolute atomic E-state index is 0.0345. The van der Waals surface area contributed by atoms with Crippen molar-refractivity contribution in [3.63, 3.8) is 0 Å². The minimum atomic E-state index is -0.983. The molecule has 2 atom stereocenters. The van der Waals surface area contributed by atoms with Crippen molar-refractivity contribution in [3.05, 3.63) is 35.4 Å². The topological polar surface area (TPSA) is 97.0 Å². The van der Waals surface area contributed by atoms with E-state index in [9.17, 15) is 14.9 Å². The highest BCUT2D eigenvalue weighted by Gasteiger charge is 2.55. The molecule has 1 saturated heterocycles. The molecule has 6 heteroatoms. The summed E-state index contributed by atoms with van der Waals surface area (Å²) in [4.78, 5) is 26.3. The maximum Gasteiger partial charge on any atom is 0.325 e. The number of amides is 3. The van der Waals surface area contributed by atoms with Gasteiger partial charge < -0.3 is 5.32 Å². The summed E-state index contributed by atoms with van der Waals surface area (Å²) in [7, 11) is 0. The lowest BCUT2D eigenvalue weighted by molar-refractivity contribution is -0.131. The molecule has 3 amide bonds. The first-order valence-corrected chi connectivity index (χ1v) is 7.61. The van der Waals surface area contributed by atoms with Gasteiger partial charge in [0.2, 0.25) is 0 Å². The van der Waals surface area contributed by atoms with Crippen LogP contribution in [0.25, 0.3) is 0 Å². The van der Waals surface area contributed by atoms with E-state index in [-0.39, 0.29) is 18.9 Å². The van der Waals surface area contributed by atoms with Gasteiger partial charge in [0.15, 0.2) is 0 Å². The summed E-state index contributed by atoms with van der Waals surface area (Å²) in [6, 6.07) is 11.2. The molecule has 0 bridgehead atoms. The fourth-order valence-corrected chi connectivity index (χ4v) is 3.41. The van der Waals surface area contributed by atoms with Crippen molar-refractivity contribution in [2.45, 2.75) is 31.2 Å². The van der Waals surface area contributed by atoms with Crippen molar-refractivity contribution in [3.8, 4) is 12.1 Å². The summed E-state index contributed by atoms with van der Waals surface area (Å²) in [6.07, 6.45) is 1.87. The molecule has 1 aliphatic heterocycles. The second kappa shape index (κ2) is 5.73. The smallest absolute Gasteiger partial charge is 0.319 e. The second-order valence-corrected chi connectivity index (χ2v) is 5.93. The predicted octanol–water partition coefficient (Wildman–Crippen LogP) is 1.82. The Bertz CT molecular complexity index is 746. The molecule has 1 N–H and O–H groups in total. The average molecular weight is 308 g/mol. The zero-order chi connectivity index (χ0) is 16.4. The molecule has 23 heavy (non-hydrogen) atoms. The number of carbonyl (C=O) groups is 2. The third-order valence-electron chi connectivity index (χ3n) is 4.61. The number of nitrogens with zero attached hydrogens (tertiary/aromatic N) is 3. The summed E-state index contributed by atoms with van der Waals surface area (Å²) < 4.78 is 0. The Hall–Kier alpha value is -2.86. The lowest BCUT2D eigenvalue weighted by Crippen LogP contribution is -2.42. The van der Waals surface area contributed by atoms with Gasteiger partial charge in [0.25, 0.3) is 5.91 Å². The molecule has 6 nitrogen and oxygen atoms in total. The van der Waals surface area contributed by atoms with E-state index in [0.29, 0.717) is 12.8 Å². The van der Waals surface area contributed by atoms with E-state index >= 15 is 0 Å². The van der Waals surface area contributed by atoms with E-state index in [1.165, 1.54) is 0 Å². The van der Waals surface area contributed by atoms with Crippen LogP contribution in [0.5, 0.6) is 0 Å². The number of benzene rings is 1. The van der Waals surface area contributed by atoms with Crippen LogP contribution in [0, 0.1) is 28.6 Å².